The van der Waals surface area contributed by atoms with E-state index in [2.05, 4.69) is 0 Å². The van der Waals surface area contributed by atoms with Crippen molar-refractivity contribution in [2.75, 3.05) is 0 Å². The molecule has 0 saturated heterocycles. The van der Waals surface area contributed by atoms with Crippen LogP contribution < -0.4 is 4.74 Å². The zero-order valence-electron chi connectivity index (χ0n) is 14.6. The SMILES string of the molecule is O=C(O)c1ccc(Oc2ccccc2-c2ccccc2)c(C(F)(F)F)c1C(=O)O. The molecule has 0 fully saturated rings. The van der Waals surface area contributed by atoms with Crippen LogP contribution in [0.15, 0.2) is 66.7 Å². The third-order valence-electron chi connectivity index (χ3n) is 4.09. The van der Waals surface area contributed by atoms with Crippen LogP contribution in [-0.4, -0.2) is 22.2 Å². The fraction of sp³-hybridized carbons (Fsp3) is 0.0476. The smallest absolute Gasteiger partial charge is 0.420 e. The van der Waals surface area contributed by atoms with Crippen LogP contribution in [0, 0.1) is 0 Å². The average molecular weight is 402 g/mol. The molecule has 0 heterocycles. The second-order valence-electron chi connectivity index (χ2n) is 5.93. The number of halogens is 3. The van der Waals surface area contributed by atoms with Crippen molar-refractivity contribution in [2.45, 2.75) is 6.18 Å². The van der Waals surface area contributed by atoms with E-state index in [1.807, 2.05) is 0 Å². The molecule has 3 rings (SSSR count). The van der Waals surface area contributed by atoms with E-state index >= 15 is 0 Å². The van der Waals surface area contributed by atoms with Gasteiger partial charge in [-0.3, -0.25) is 0 Å². The van der Waals surface area contributed by atoms with Gasteiger partial charge in [-0.15, -0.1) is 0 Å². The van der Waals surface area contributed by atoms with E-state index in [1.54, 1.807) is 48.5 Å². The fourth-order valence-electron chi connectivity index (χ4n) is 2.88. The topological polar surface area (TPSA) is 83.8 Å². The Hall–Kier alpha value is -3.81. The first-order valence-electron chi connectivity index (χ1n) is 8.23. The summed E-state index contributed by atoms with van der Waals surface area (Å²) in [5, 5.41) is 18.4. The van der Waals surface area contributed by atoms with Gasteiger partial charge in [0.05, 0.1) is 11.1 Å². The summed E-state index contributed by atoms with van der Waals surface area (Å²) >= 11 is 0. The van der Waals surface area contributed by atoms with Gasteiger partial charge in [0.15, 0.2) is 0 Å². The number of rotatable bonds is 5. The molecule has 0 saturated carbocycles. The summed E-state index contributed by atoms with van der Waals surface area (Å²) in [6.45, 7) is 0. The summed E-state index contributed by atoms with van der Waals surface area (Å²) in [5.41, 5.74) is -2.85. The van der Waals surface area contributed by atoms with Crippen LogP contribution in [0.25, 0.3) is 11.1 Å². The highest BCUT2D eigenvalue weighted by atomic mass is 19.4. The first-order valence-corrected chi connectivity index (χ1v) is 8.23. The lowest BCUT2D eigenvalue weighted by atomic mass is 9.99. The molecule has 3 aromatic rings. The minimum Gasteiger partial charge on any atom is -0.478 e. The van der Waals surface area contributed by atoms with Gasteiger partial charge >= 0.3 is 18.1 Å². The first kappa shape index (κ1) is 19.9. The number of hydrogen-bond donors (Lipinski definition) is 2. The first-order chi connectivity index (χ1) is 13.7. The second-order valence-corrected chi connectivity index (χ2v) is 5.93. The molecular formula is C21H13F3O5. The Labute approximate surface area is 162 Å². The number of para-hydroxylation sites is 1. The van der Waals surface area contributed by atoms with Crippen LogP contribution in [-0.2, 0) is 6.18 Å². The van der Waals surface area contributed by atoms with Crippen molar-refractivity contribution in [2.24, 2.45) is 0 Å². The van der Waals surface area contributed by atoms with Crippen LogP contribution in [0.1, 0.15) is 26.3 Å². The van der Waals surface area contributed by atoms with Crippen LogP contribution in [0.3, 0.4) is 0 Å². The molecule has 0 atom stereocenters. The van der Waals surface area contributed by atoms with Crippen molar-refractivity contribution in [1.29, 1.82) is 0 Å². The molecule has 0 bridgehead atoms. The van der Waals surface area contributed by atoms with Gasteiger partial charge in [0.1, 0.15) is 17.1 Å². The van der Waals surface area contributed by atoms with Gasteiger partial charge in [0.2, 0.25) is 0 Å². The Bertz CT molecular complexity index is 1080. The van der Waals surface area contributed by atoms with Crippen molar-refractivity contribution < 1.29 is 37.7 Å². The normalized spacial score (nSPS) is 11.1. The lowest BCUT2D eigenvalue weighted by Gasteiger charge is -2.19. The predicted octanol–water partition coefficient (Wildman–Crippen LogP) is 5.56. The molecule has 2 N–H and O–H groups in total. The van der Waals surface area contributed by atoms with E-state index in [1.165, 1.54) is 6.07 Å². The van der Waals surface area contributed by atoms with E-state index in [-0.39, 0.29) is 5.75 Å². The molecule has 3 aromatic carbocycles. The van der Waals surface area contributed by atoms with Gasteiger partial charge in [0.25, 0.3) is 0 Å². The highest BCUT2D eigenvalue weighted by Crippen LogP contribution is 2.43. The van der Waals surface area contributed by atoms with Crippen LogP contribution >= 0.6 is 0 Å². The van der Waals surface area contributed by atoms with E-state index in [4.69, 9.17) is 9.84 Å². The van der Waals surface area contributed by atoms with Gasteiger partial charge in [-0.05, 0) is 23.8 Å². The fourth-order valence-corrected chi connectivity index (χ4v) is 2.88. The van der Waals surface area contributed by atoms with Gasteiger partial charge in [-0.1, -0.05) is 48.5 Å². The molecule has 0 aliphatic carbocycles. The van der Waals surface area contributed by atoms with Crippen molar-refractivity contribution in [3.05, 3.63) is 83.4 Å². The lowest BCUT2D eigenvalue weighted by molar-refractivity contribution is -0.139. The number of hydrogen-bond acceptors (Lipinski definition) is 3. The molecule has 0 aliphatic rings. The number of alkyl halides is 3. The largest absolute Gasteiger partial charge is 0.478 e. The number of benzene rings is 3. The predicted molar refractivity (Wildman–Crippen MR) is 97.3 cm³/mol. The van der Waals surface area contributed by atoms with Crippen LogP contribution in [0.4, 0.5) is 13.2 Å². The summed E-state index contributed by atoms with van der Waals surface area (Å²) in [5.74, 6) is -4.55. The van der Waals surface area contributed by atoms with Gasteiger partial charge < -0.3 is 14.9 Å². The van der Waals surface area contributed by atoms with E-state index < -0.39 is 40.6 Å². The maximum atomic E-state index is 13.7. The summed E-state index contributed by atoms with van der Waals surface area (Å²) < 4.78 is 46.6. The molecule has 148 valence electrons. The summed E-state index contributed by atoms with van der Waals surface area (Å²) in [6.07, 6.45) is -5.16. The number of carbonyl (C=O) groups is 2. The number of carboxylic acid groups (broad SMARTS) is 2. The van der Waals surface area contributed by atoms with Gasteiger partial charge in [-0.25, -0.2) is 9.59 Å². The summed E-state index contributed by atoms with van der Waals surface area (Å²) in [7, 11) is 0. The molecule has 8 heteroatoms. The van der Waals surface area contributed by atoms with E-state index in [9.17, 15) is 27.9 Å². The number of carboxylic acids is 2. The Balaban J connectivity index is 2.21. The number of aromatic carboxylic acids is 2. The highest BCUT2D eigenvalue weighted by molar-refractivity contribution is 6.03. The van der Waals surface area contributed by atoms with Gasteiger partial charge in [-0.2, -0.15) is 13.2 Å². The zero-order valence-corrected chi connectivity index (χ0v) is 14.6. The number of ether oxygens (including phenoxy) is 1. The monoisotopic (exact) mass is 402 g/mol. The maximum Gasteiger partial charge on any atom is 0.420 e. The molecule has 0 aliphatic heterocycles. The Morgan fingerprint density at radius 1 is 0.759 bits per heavy atom. The quantitative estimate of drug-likeness (QED) is 0.584. The Kier molecular flexibility index (Phi) is 5.27. The Morgan fingerprint density at radius 3 is 1.97 bits per heavy atom. The van der Waals surface area contributed by atoms with Crippen molar-refractivity contribution in [3.8, 4) is 22.6 Å². The highest BCUT2D eigenvalue weighted by Gasteiger charge is 2.41. The molecular weight excluding hydrogens is 389 g/mol. The van der Waals surface area contributed by atoms with Crippen molar-refractivity contribution in [3.63, 3.8) is 0 Å². The van der Waals surface area contributed by atoms with E-state index in [0.29, 0.717) is 11.1 Å². The maximum absolute atomic E-state index is 13.7. The molecule has 0 amide bonds. The van der Waals surface area contributed by atoms with Crippen LogP contribution in [0.2, 0.25) is 0 Å². The molecule has 29 heavy (non-hydrogen) atoms. The molecule has 0 aromatic heterocycles. The molecule has 0 spiro atoms. The molecule has 0 radical (unpaired) electrons. The van der Waals surface area contributed by atoms with E-state index in [0.717, 1.165) is 12.1 Å². The third-order valence-corrected chi connectivity index (χ3v) is 4.09. The molecule has 5 nitrogen and oxygen atoms in total. The Morgan fingerprint density at radius 2 is 1.38 bits per heavy atom. The van der Waals surface area contributed by atoms with Crippen LogP contribution in [0.5, 0.6) is 11.5 Å². The molecule has 0 unspecified atom stereocenters. The summed E-state index contributed by atoms with van der Waals surface area (Å²) in [4.78, 5) is 22.7. The van der Waals surface area contributed by atoms with Gasteiger partial charge in [0, 0.05) is 5.56 Å². The minimum absolute atomic E-state index is 0.0589. The van der Waals surface area contributed by atoms with Crippen molar-refractivity contribution >= 4 is 11.9 Å². The summed E-state index contributed by atoms with van der Waals surface area (Å²) in [6, 6.07) is 16.6. The third kappa shape index (κ3) is 4.06. The lowest BCUT2D eigenvalue weighted by Crippen LogP contribution is -2.19. The van der Waals surface area contributed by atoms with Crippen molar-refractivity contribution in [1.82, 2.24) is 0 Å². The average Bonchev–Trinajstić information content (AvgIpc) is 2.67. The second kappa shape index (κ2) is 7.67. The zero-order chi connectivity index (χ0) is 21.2. The minimum atomic E-state index is -5.16. The standard InChI is InChI=1S/C21H13F3O5/c22-21(23,24)18-16(11-10-14(19(25)26)17(18)20(27)28)29-15-9-5-4-8-13(15)12-6-2-1-3-7-12/h1-11H,(H,25,26)(H,27,28).